The molecule has 1 saturated heterocycles. The number of carbonyl (C=O) groups excluding carboxylic acids is 1. The van der Waals surface area contributed by atoms with Crippen LogP contribution in [-0.4, -0.2) is 23.9 Å². The molecule has 0 saturated carbocycles. The number of alkyl halides is 1. The van der Waals surface area contributed by atoms with E-state index in [1.807, 2.05) is 11.8 Å². The Bertz CT molecular complexity index is 478. The van der Waals surface area contributed by atoms with E-state index in [1.165, 1.54) is 17.5 Å². The lowest BCUT2D eigenvalue weighted by atomic mass is 9.97. The number of benzene rings is 1. The highest BCUT2D eigenvalue weighted by Crippen LogP contribution is 2.29. The van der Waals surface area contributed by atoms with Crippen LogP contribution in [0.25, 0.3) is 0 Å². The average molecular weight is 280 g/mol. The molecule has 1 atom stereocenters. The SMILES string of the molecule is Cc1cc(C)c(C(Cl)C(=O)N2CCCCC2)cc1C. The van der Waals surface area contributed by atoms with Crippen LogP contribution in [0.1, 0.15) is 46.9 Å². The molecule has 1 aliphatic rings. The van der Waals surface area contributed by atoms with E-state index in [0.717, 1.165) is 37.1 Å². The number of aryl methyl sites for hydroxylation is 3. The molecule has 1 unspecified atom stereocenters. The molecule has 2 nitrogen and oxygen atoms in total. The molecule has 19 heavy (non-hydrogen) atoms. The topological polar surface area (TPSA) is 20.3 Å². The minimum atomic E-state index is -0.544. The van der Waals surface area contributed by atoms with E-state index >= 15 is 0 Å². The maximum Gasteiger partial charge on any atom is 0.245 e. The van der Waals surface area contributed by atoms with E-state index in [0.29, 0.717) is 0 Å². The van der Waals surface area contributed by atoms with Crippen molar-refractivity contribution in [2.45, 2.75) is 45.4 Å². The number of hydrogen-bond donors (Lipinski definition) is 0. The van der Waals surface area contributed by atoms with E-state index in [9.17, 15) is 4.79 Å². The zero-order valence-corrected chi connectivity index (χ0v) is 12.8. The van der Waals surface area contributed by atoms with Gasteiger partial charge in [0.25, 0.3) is 0 Å². The monoisotopic (exact) mass is 279 g/mol. The smallest absolute Gasteiger partial charge is 0.245 e. The molecule has 1 fully saturated rings. The zero-order valence-electron chi connectivity index (χ0n) is 12.0. The third-order valence-electron chi connectivity index (χ3n) is 4.04. The maximum atomic E-state index is 12.4. The minimum absolute atomic E-state index is 0.0627. The quantitative estimate of drug-likeness (QED) is 0.752. The number of amides is 1. The van der Waals surface area contributed by atoms with Crippen LogP contribution in [0, 0.1) is 20.8 Å². The van der Waals surface area contributed by atoms with Gasteiger partial charge in [-0.2, -0.15) is 0 Å². The highest BCUT2D eigenvalue weighted by Gasteiger charge is 2.26. The Hall–Kier alpha value is -1.02. The van der Waals surface area contributed by atoms with Gasteiger partial charge in [-0.15, -0.1) is 11.6 Å². The summed E-state index contributed by atoms with van der Waals surface area (Å²) < 4.78 is 0. The molecule has 0 N–H and O–H groups in total. The molecular formula is C16H22ClNO. The molecule has 1 aromatic carbocycles. The standard InChI is InChI=1S/C16H22ClNO/c1-11-9-13(3)14(10-12(11)2)15(17)16(19)18-7-5-4-6-8-18/h9-10,15H,4-8H2,1-3H3. The summed E-state index contributed by atoms with van der Waals surface area (Å²) in [4.78, 5) is 14.4. The predicted molar refractivity (Wildman–Crippen MR) is 79.7 cm³/mol. The van der Waals surface area contributed by atoms with Crippen LogP contribution in [0.2, 0.25) is 0 Å². The Morgan fingerprint density at radius 3 is 2.26 bits per heavy atom. The third-order valence-corrected chi connectivity index (χ3v) is 4.46. The molecule has 0 spiro atoms. The van der Waals surface area contributed by atoms with Gasteiger partial charge in [-0.1, -0.05) is 12.1 Å². The van der Waals surface area contributed by atoms with Gasteiger partial charge in [-0.05, 0) is 62.3 Å². The van der Waals surface area contributed by atoms with Gasteiger partial charge >= 0.3 is 0 Å². The second-order valence-electron chi connectivity index (χ2n) is 5.54. The van der Waals surface area contributed by atoms with Crippen molar-refractivity contribution >= 4 is 17.5 Å². The van der Waals surface area contributed by atoms with E-state index in [1.54, 1.807) is 0 Å². The molecule has 1 amide bonds. The molecular weight excluding hydrogens is 258 g/mol. The summed E-state index contributed by atoms with van der Waals surface area (Å²) in [5.41, 5.74) is 4.50. The number of likely N-dealkylation sites (tertiary alicyclic amines) is 1. The molecule has 1 aliphatic heterocycles. The summed E-state index contributed by atoms with van der Waals surface area (Å²) in [6, 6.07) is 4.17. The van der Waals surface area contributed by atoms with Crippen molar-refractivity contribution in [3.05, 3.63) is 34.4 Å². The lowest BCUT2D eigenvalue weighted by molar-refractivity contribution is -0.131. The van der Waals surface area contributed by atoms with E-state index < -0.39 is 5.38 Å². The van der Waals surface area contributed by atoms with Crippen LogP contribution in [0.4, 0.5) is 0 Å². The predicted octanol–water partition coefficient (Wildman–Crippen LogP) is 3.90. The molecule has 0 aliphatic carbocycles. The van der Waals surface area contributed by atoms with Gasteiger partial charge in [0, 0.05) is 13.1 Å². The van der Waals surface area contributed by atoms with Crippen molar-refractivity contribution in [1.82, 2.24) is 4.90 Å². The fourth-order valence-electron chi connectivity index (χ4n) is 2.66. The van der Waals surface area contributed by atoms with Crippen LogP contribution in [0.5, 0.6) is 0 Å². The summed E-state index contributed by atoms with van der Waals surface area (Å²) >= 11 is 6.43. The first-order valence-corrected chi connectivity index (χ1v) is 7.45. The second kappa shape index (κ2) is 5.96. The van der Waals surface area contributed by atoms with Gasteiger partial charge in [0.05, 0.1) is 0 Å². The number of nitrogens with zero attached hydrogens (tertiary/aromatic N) is 1. The normalized spacial score (nSPS) is 17.4. The highest BCUT2D eigenvalue weighted by atomic mass is 35.5. The number of halogens is 1. The Balaban J connectivity index is 2.21. The first-order chi connectivity index (χ1) is 9.00. The highest BCUT2D eigenvalue weighted by molar-refractivity contribution is 6.30. The van der Waals surface area contributed by atoms with Crippen molar-refractivity contribution in [2.24, 2.45) is 0 Å². The summed E-state index contributed by atoms with van der Waals surface area (Å²) in [6.45, 7) is 7.88. The van der Waals surface area contributed by atoms with Crippen LogP contribution >= 0.6 is 11.6 Å². The summed E-state index contributed by atoms with van der Waals surface area (Å²) in [5, 5.41) is -0.544. The lowest BCUT2D eigenvalue weighted by Crippen LogP contribution is -2.37. The molecule has 1 aromatic rings. The Morgan fingerprint density at radius 1 is 1.05 bits per heavy atom. The second-order valence-corrected chi connectivity index (χ2v) is 5.98. The molecule has 0 bridgehead atoms. The maximum absolute atomic E-state index is 12.4. The van der Waals surface area contributed by atoms with Gasteiger partial charge in [-0.25, -0.2) is 0 Å². The van der Waals surface area contributed by atoms with Gasteiger partial charge < -0.3 is 4.90 Å². The molecule has 104 valence electrons. The van der Waals surface area contributed by atoms with Gasteiger partial charge in [0.2, 0.25) is 5.91 Å². The number of rotatable bonds is 2. The van der Waals surface area contributed by atoms with Gasteiger partial charge in [-0.3, -0.25) is 4.79 Å². The van der Waals surface area contributed by atoms with Crippen molar-refractivity contribution in [2.75, 3.05) is 13.1 Å². The molecule has 0 aromatic heterocycles. The van der Waals surface area contributed by atoms with Gasteiger partial charge in [0.1, 0.15) is 5.38 Å². The Morgan fingerprint density at radius 2 is 1.63 bits per heavy atom. The minimum Gasteiger partial charge on any atom is -0.341 e. The van der Waals surface area contributed by atoms with Crippen LogP contribution in [0.3, 0.4) is 0 Å². The van der Waals surface area contributed by atoms with Crippen molar-refractivity contribution in [3.8, 4) is 0 Å². The zero-order chi connectivity index (χ0) is 14.0. The number of carbonyl (C=O) groups is 1. The fourth-order valence-corrected chi connectivity index (χ4v) is 3.04. The molecule has 2 rings (SSSR count). The van der Waals surface area contributed by atoms with Crippen molar-refractivity contribution < 1.29 is 4.79 Å². The Labute approximate surface area is 120 Å². The van der Waals surface area contributed by atoms with Gasteiger partial charge in [0.15, 0.2) is 0 Å². The average Bonchev–Trinajstić information content (AvgIpc) is 2.42. The molecule has 0 radical (unpaired) electrons. The van der Waals surface area contributed by atoms with Crippen molar-refractivity contribution in [1.29, 1.82) is 0 Å². The summed E-state index contributed by atoms with van der Waals surface area (Å²) in [6.07, 6.45) is 3.42. The summed E-state index contributed by atoms with van der Waals surface area (Å²) in [7, 11) is 0. The van der Waals surface area contributed by atoms with Crippen LogP contribution in [-0.2, 0) is 4.79 Å². The van der Waals surface area contributed by atoms with E-state index in [-0.39, 0.29) is 5.91 Å². The van der Waals surface area contributed by atoms with E-state index in [4.69, 9.17) is 11.6 Å². The molecule has 1 heterocycles. The Kier molecular flexibility index (Phi) is 4.51. The van der Waals surface area contributed by atoms with Crippen LogP contribution < -0.4 is 0 Å². The van der Waals surface area contributed by atoms with E-state index in [2.05, 4.69) is 26.0 Å². The first kappa shape index (κ1) is 14.4. The largest absolute Gasteiger partial charge is 0.341 e. The third kappa shape index (κ3) is 3.11. The fraction of sp³-hybridized carbons (Fsp3) is 0.562. The summed E-state index contributed by atoms with van der Waals surface area (Å²) in [5.74, 6) is 0.0627. The lowest BCUT2D eigenvalue weighted by Gasteiger charge is -2.29. The first-order valence-electron chi connectivity index (χ1n) is 7.01. The number of piperidine rings is 1. The molecule has 3 heteroatoms. The number of hydrogen-bond acceptors (Lipinski definition) is 1. The van der Waals surface area contributed by atoms with Crippen LogP contribution in [0.15, 0.2) is 12.1 Å². The van der Waals surface area contributed by atoms with Crippen molar-refractivity contribution in [3.63, 3.8) is 0 Å².